The Morgan fingerprint density at radius 1 is 0.927 bits per heavy atom. The molecule has 4 aromatic rings. The van der Waals surface area contributed by atoms with E-state index in [4.69, 9.17) is 4.74 Å². The number of amides is 3. The Morgan fingerprint density at radius 3 is 2.27 bits per heavy atom. The second-order valence-corrected chi connectivity index (χ2v) is 11.6. The van der Waals surface area contributed by atoms with Gasteiger partial charge in [0.1, 0.15) is 29.2 Å². The van der Waals surface area contributed by atoms with Gasteiger partial charge in [-0.3, -0.25) is 23.7 Å². The Labute approximate surface area is 240 Å². The van der Waals surface area contributed by atoms with Crippen molar-refractivity contribution in [2.45, 2.75) is 22.7 Å². The summed E-state index contributed by atoms with van der Waals surface area (Å²) < 4.78 is 33.8. The van der Waals surface area contributed by atoms with Crippen molar-refractivity contribution in [1.82, 2.24) is 4.57 Å². The number of carbonyl (C=O) groups excluding carboxylic acids is 3. The van der Waals surface area contributed by atoms with Crippen LogP contribution in [0.3, 0.4) is 0 Å². The molecule has 0 spiro atoms. The average Bonchev–Trinajstić information content (AvgIpc) is 3.41. The first-order valence-electron chi connectivity index (χ1n) is 12.5. The van der Waals surface area contributed by atoms with Gasteiger partial charge in [-0.05, 0) is 54.6 Å². The van der Waals surface area contributed by atoms with Crippen molar-refractivity contribution < 1.29 is 27.9 Å². The average molecular weight is 594 g/mol. The Hall–Kier alpha value is -4.29. The number of ether oxygens (including phenoxy) is 1. The molecular formula is C29H21F2N3O5S2. The summed E-state index contributed by atoms with van der Waals surface area (Å²) in [5.41, 5.74) is 1.23. The molecule has 0 saturated carbocycles. The number of thioether (sulfide) groups is 1. The number of anilines is 2. The SMILES string of the molecule is COc1ccccc1[C@H]1c2sc(=O)n(CC(=O)Nc3ccc(F)cc3)c2SC2C(=O)N(c3ccc(F)cc3)C(=O)C21. The summed E-state index contributed by atoms with van der Waals surface area (Å²) >= 11 is 1.98. The molecule has 3 aromatic carbocycles. The maximum absolute atomic E-state index is 13.9. The van der Waals surface area contributed by atoms with Gasteiger partial charge >= 0.3 is 4.87 Å². The molecule has 8 nitrogen and oxygen atoms in total. The van der Waals surface area contributed by atoms with Crippen LogP contribution in [0.15, 0.2) is 82.6 Å². The van der Waals surface area contributed by atoms with Gasteiger partial charge < -0.3 is 10.1 Å². The second kappa shape index (κ2) is 10.6. The van der Waals surface area contributed by atoms with E-state index < -0.39 is 51.3 Å². The molecule has 1 fully saturated rings. The van der Waals surface area contributed by atoms with Crippen LogP contribution < -0.4 is 19.8 Å². The Bertz CT molecular complexity index is 1740. The number of aromatic nitrogens is 1. The Balaban J connectivity index is 1.43. The van der Waals surface area contributed by atoms with Gasteiger partial charge in [-0.15, -0.1) is 0 Å². The maximum Gasteiger partial charge on any atom is 0.308 e. The van der Waals surface area contributed by atoms with E-state index >= 15 is 0 Å². The smallest absolute Gasteiger partial charge is 0.308 e. The van der Waals surface area contributed by atoms with Crippen molar-refractivity contribution in [3.63, 3.8) is 0 Å². The fraction of sp³-hybridized carbons (Fsp3) is 0.172. The Morgan fingerprint density at radius 2 is 1.59 bits per heavy atom. The summed E-state index contributed by atoms with van der Waals surface area (Å²) in [5.74, 6) is -3.55. The number of fused-ring (bicyclic) bond motifs is 2. The topological polar surface area (TPSA) is 97.7 Å². The number of methoxy groups -OCH3 is 1. The number of nitrogens with zero attached hydrogens (tertiary/aromatic N) is 2. The first-order valence-corrected chi connectivity index (χ1v) is 14.2. The maximum atomic E-state index is 13.9. The standard InChI is InChI=1S/C29H21F2N3O5S2/c1-39-20-5-3-2-4-19(20)22-23-24(27(37)34(26(23)36)18-12-8-16(31)9-13-18)40-28-25(22)41-29(38)33(28)14-21(35)32-17-10-6-15(30)7-11-17/h2-13,22-24H,14H2,1H3,(H,32,35)/t22-,23?,24?/m1/s1. The lowest BCUT2D eigenvalue weighted by atomic mass is 9.82. The molecule has 3 heterocycles. The molecule has 3 atom stereocenters. The minimum absolute atomic E-state index is 0.245. The molecule has 2 aliphatic rings. The predicted molar refractivity (Wildman–Crippen MR) is 150 cm³/mol. The zero-order valence-corrected chi connectivity index (χ0v) is 23.0. The van der Waals surface area contributed by atoms with Crippen molar-refractivity contribution in [2.75, 3.05) is 17.3 Å². The van der Waals surface area contributed by atoms with Crippen LogP contribution in [-0.2, 0) is 20.9 Å². The van der Waals surface area contributed by atoms with Crippen molar-refractivity contribution >= 4 is 52.2 Å². The summed E-state index contributed by atoms with van der Waals surface area (Å²) in [5, 5.41) is 2.15. The summed E-state index contributed by atoms with van der Waals surface area (Å²) in [6, 6.07) is 17.4. The van der Waals surface area contributed by atoms with Gasteiger partial charge in [0.05, 0.1) is 23.7 Å². The lowest BCUT2D eigenvalue weighted by Gasteiger charge is -2.31. The molecule has 2 aliphatic heterocycles. The molecule has 0 radical (unpaired) electrons. The van der Waals surface area contributed by atoms with Gasteiger partial charge in [-0.1, -0.05) is 41.3 Å². The number of benzene rings is 3. The number of para-hydroxylation sites is 1. The lowest BCUT2D eigenvalue weighted by molar-refractivity contribution is -0.122. The lowest BCUT2D eigenvalue weighted by Crippen LogP contribution is -2.33. The largest absolute Gasteiger partial charge is 0.496 e. The van der Waals surface area contributed by atoms with Crippen LogP contribution in [0.25, 0.3) is 0 Å². The highest BCUT2D eigenvalue weighted by Crippen LogP contribution is 2.55. The summed E-state index contributed by atoms with van der Waals surface area (Å²) in [4.78, 5) is 55.0. The molecule has 41 heavy (non-hydrogen) atoms. The molecule has 0 bridgehead atoms. The third kappa shape index (κ3) is 4.72. The number of carbonyl (C=O) groups is 3. The summed E-state index contributed by atoms with van der Waals surface area (Å²) in [6.45, 7) is -0.352. The first kappa shape index (κ1) is 26.9. The van der Waals surface area contributed by atoms with Crippen LogP contribution in [-0.4, -0.2) is 34.6 Å². The van der Waals surface area contributed by atoms with Gasteiger partial charge in [0.2, 0.25) is 17.7 Å². The molecule has 1 N–H and O–H groups in total. The number of nitrogens with one attached hydrogen (secondary N) is 1. The van der Waals surface area contributed by atoms with Crippen molar-refractivity contribution in [2.24, 2.45) is 5.92 Å². The monoisotopic (exact) mass is 593 g/mol. The highest BCUT2D eigenvalue weighted by molar-refractivity contribution is 8.00. The molecule has 3 amide bonds. The molecule has 1 saturated heterocycles. The number of rotatable bonds is 6. The zero-order valence-electron chi connectivity index (χ0n) is 21.4. The highest BCUT2D eigenvalue weighted by Gasteiger charge is 2.57. The van der Waals surface area contributed by atoms with E-state index in [9.17, 15) is 28.0 Å². The molecule has 1 aromatic heterocycles. The molecule has 208 valence electrons. The van der Waals surface area contributed by atoms with E-state index in [1.807, 2.05) is 0 Å². The quantitative estimate of drug-likeness (QED) is 0.328. The van der Waals surface area contributed by atoms with Crippen molar-refractivity contribution in [3.8, 4) is 5.75 Å². The van der Waals surface area contributed by atoms with Crippen molar-refractivity contribution in [1.29, 1.82) is 0 Å². The summed E-state index contributed by atoms with van der Waals surface area (Å²) in [6.07, 6.45) is 0. The van der Waals surface area contributed by atoms with Gasteiger partial charge in [-0.2, -0.15) is 0 Å². The van der Waals surface area contributed by atoms with E-state index in [2.05, 4.69) is 5.32 Å². The van der Waals surface area contributed by atoms with Gasteiger partial charge in [-0.25, -0.2) is 13.7 Å². The number of hydrogen-bond acceptors (Lipinski definition) is 7. The number of halogens is 2. The van der Waals surface area contributed by atoms with E-state index in [0.29, 0.717) is 26.9 Å². The summed E-state index contributed by atoms with van der Waals surface area (Å²) in [7, 11) is 1.49. The third-order valence-corrected chi connectivity index (χ3v) is 9.64. The van der Waals surface area contributed by atoms with E-state index in [0.717, 1.165) is 28.0 Å². The fourth-order valence-corrected chi connectivity index (χ4v) is 8.00. The number of imide groups is 1. The first-order chi connectivity index (χ1) is 19.8. The van der Waals surface area contributed by atoms with Gasteiger partial charge in [0, 0.05) is 22.0 Å². The zero-order chi connectivity index (χ0) is 28.8. The molecule has 6 rings (SSSR count). The third-order valence-electron chi connectivity index (χ3n) is 7.04. The molecule has 0 aliphatic carbocycles. The van der Waals surface area contributed by atoms with Gasteiger partial charge in [0.25, 0.3) is 0 Å². The predicted octanol–water partition coefficient (Wildman–Crippen LogP) is 4.63. The fourth-order valence-electron chi connectivity index (χ4n) is 5.24. The molecular weight excluding hydrogens is 572 g/mol. The van der Waals surface area contributed by atoms with E-state index in [1.54, 1.807) is 24.3 Å². The van der Waals surface area contributed by atoms with Crippen LogP contribution in [0.2, 0.25) is 0 Å². The van der Waals surface area contributed by atoms with E-state index in [1.165, 1.54) is 60.2 Å². The normalized spacial score (nSPS) is 19.6. The van der Waals surface area contributed by atoms with Gasteiger partial charge in [0.15, 0.2) is 0 Å². The Kier molecular flexibility index (Phi) is 6.96. The van der Waals surface area contributed by atoms with Crippen molar-refractivity contribution in [3.05, 3.63) is 105 Å². The second-order valence-electron chi connectivity index (χ2n) is 9.45. The molecule has 12 heteroatoms. The van der Waals surface area contributed by atoms with Crippen LogP contribution >= 0.6 is 23.1 Å². The minimum atomic E-state index is -0.907. The van der Waals surface area contributed by atoms with Crippen LogP contribution in [0, 0.1) is 17.6 Å². The van der Waals surface area contributed by atoms with Crippen LogP contribution in [0.1, 0.15) is 16.4 Å². The molecule has 2 unspecified atom stereocenters. The number of hydrogen-bond donors (Lipinski definition) is 1. The van der Waals surface area contributed by atoms with Crippen LogP contribution in [0.4, 0.5) is 20.2 Å². The van der Waals surface area contributed by atoms with Crippen LogP contribution in [0.5, 0.6) is 5.75 Å². The highest BCUT2D eigenvalue weighted by atomic mass is 32.2. The van der Waals surface area contributed by atoms with E-state index in [-0.39, 0.29) is 12.2 Å². The minimum Gasteiger partial charge on any atom is -0.496 e. The number of thiazole rings is 1.